The van der Waals surface area contributed by atoms with Crippen LogP contribution >= 0.6 is 0 Å². The predicted octanol–water partition coefficient (Wildman–Crippen LogP) is 2.25. The van der Waals surface area contributed by atoms with E-state index in [0.717, 1.165) is 6.07 Å². The minimum Gasteiger partial charge on any atom is -0.496 e. The molecule has 9 nitrogen and oxygen atoms in total. The van der Waals surface area contributed by atoms with Gasteiger partial charge in [0, 0.05) is 38.3 Å². The van der Waals surface area contributed by atoms with Crippen LogP contribution in [0.15, 0.2) is 42.5 Å². The van der Waals surface area contributed by atoms with Crippen LogP contribution in [0.3, 0.4) is 0 Å². The van der Waals surface area contributed by atoms with Gasteiger partial charge in [-0.2, -0.15) is 0 Å². The van der Waals surface area contributed by atoms with Crippen molar-refractivity contribution in [3.05, 3.63) is 64.0 Å². The first-order chi connectivity index (χ1) is 14.4. The summed E-state index contributed by atoms with van der Waals surface area (Å²) in [5.41, 5.74) is 0.0519. The normalized spacial score (nSPS) is 13.7. The number of piperazine rings is 1. The molecule has 0 bridgehead atoms. The molecule has 10 heteroatoms. The molecule has 0 unspecified atom stereocenters. The number of hydrogen-bond acceptors (Lipinski definition) is 7. The molecule has 0 saturated carbocycles. The number of nitrogens with zero attached hydrogens (tertiary/aromatic N) is 3. The summed E-state index contributed by atoms with van der Waals surface area (Å²) in [6, 6.07) is 9.96. The Morgan fingerprint density at radius 1 is 1.13 bits per heavy atom. The van der Waals surface area contributed by atoms with Gasteiger partial charge in [0.05, 0.1) is 17.7 Å². The molecular formula is C20H20FN3O6. The fourth-order valence-electron chi connectivity index (χ4n) is 3.17. The van der Waals surface area contributed by atoms with Gasteiger partial charge in [0.1, 0.15) is 17.1 Å². The summed E-state index contributed by atoms with van der Waals surface area (Å²) in [6.45, 7) is 1.08. The summed E-state index contributed by atoms with van der Waals surface area (Å²) >= 11 is 0. The number of halogens is 1. The molecule has 1 aliphatic heterocycles. The fraction of sp³-hybridized carbons (Fsp3) is 0.300. The first kappa shape index (κ1) is 21.0. The highest BCUT2D eigenvalue weighted by Crippen LogP contribution is 2.25. The van der Waals surface area contributed by atoms with Gasteiger partial charge >= 0.3 is 5.97 Å². The number of esters is 1. The molecular weight excluding hydrogens is 397 g/mol. The van der Waals surface area contributed by atoms with Gasteiger partial charge in [-0.25, -0.2) is 9.18 Å². The van der Waals surface area contributed by atoms with E-state index in [1.165, 1.54) is 30.2 Å². The van der Waals surface area contributed by atoms with Crippen LogP contribution in [0.1, 0.15) is 10.4 Å². The van der Waals surface area contributed by atoms with Gasteiger partial charge in [0.25, 0.3) is 11.6 Å². The van der Waals surface area contributed by atoms with Crippen LogP contribution in [-0.2, 0) is 9.53 Å². The summed E-state index contributed by atoms with van der Waals surface area (Å²) in [7, 11) is 1.32. The van der Waals surface area contributed by atoms with Crippen LogP contribution < -0.4 is 9.64 Å². The van der Waals surface area contributed by atoms with E-state index in [4.69, 9.17) is 9.47 Å². The van der Waals surface area contributed by atoms with Gasteiger partial charge in [-0.3, -0.25) is 14.9 Å². The summed E-state index contributed by atoms with van der Waals surface area (Å²) in [5, 5.41) is 10.9. The lowest BCUT2D eigenvalue weighted by molar-refractivity contribution is -0.384. The van der Waals surface area contributed by atoms with Crippen molar-refractivity contribution in [2.24, 2.45) is 0 Å². The maximum absolute atomic E-state index is 13.9. The predicted molar refractivity (Wildman–Crippen MR) is 105 cm³/mol. The highest BCUT2D eigenvalue weighted by Gasteiger charge is 2.25. The fourth-order valence-corrected chi connectivity index (χ4v) is 3.17. The molecule has 0 spiro atoms. The minimum absolute atomic E-state index is 0.108. The largest absolute Gasteiger partial charge is 0.496 e. The van der Waals surface area contributed by atoms with Crippen LogP contribution in [0.4, 0.5) is 15.8 Å². The molecule has 0 N–H and O–H groups in total. The van der Waals surface area contributed by atoms with Crippen LogP contribution in [0, 0.1) is 15.9 Å². The van der Waals surface area contributed by atoms with Gasteiger partial charge in [0.15, 0.2) is 6.61 Å². The average molecular weight is 417 g/mol. The Bertz CT molecular complexity index is 959. The van der Waals surface area contributed by atoms with Crippen molar-refractivity contribution in [3.8, 4) is 5.75 Å². The molecule has 3 rings (SSSR count). The number of nitro benzene ring substituents is 1. The zero-order valence-corrected chi connectivity index (χ0v) is 16.2. The molecule has 1 fully saturated rings. The van der Waals surface area contributed by atoms with Crippen LogP contribution in [0.2, 0.25) is 0 Å². The average Bonchev–Trinajstić information content (AvgIpc) is 2.77. The number of benzene rings is 2. The van der Waals surface area contributed by atoms with Gasteiger partial charge in [0.2, 0.25) is 0 Å². The SMILES string of the molecule is COc1ccc([N+](=O)[O-])cc1C(=O)OCC(=O)N1CCN(c2ccccc2F)CC1. The number of nitro groups is 1. The van der Waals surface area contributed by atoms with Gasteiger partial charge < -0.3 is 19.3 Å². The molecule has 0 aromatic heterocycles. The van der Waals surface area contributed by atoms with Gasteiger partial charge in [-0.05, 0) is 18.2 Å². The van der Waals surface area contributed by atoms with E-state index < -0.39 is 23.4 Å². The first-order valence-electron chi connectivity index (χ1n) is 9.17. The third kappa shape index (κ3) is 4.65. The smallest absolute Gasteiger partial charge is 0.342 e. The Hall–Kier alpha value is -3.69. The van der Waals surface area contributed by atoms with Crippen molar-refractivity contribution >= 4 is 23.3 Å². The lowest BCUT2D eigenvalue weighted by Crippen LogP contribution is -2.50. The number of carbonyl (C=O) groups is 2. The van der Waals surface area contributed by atoms with Gasteiger partial charge in [-0.1, -0.05) is 12.1 Å². The number of ether oxygens (including phenoxy) is 2. The van der Waals surface area contributed by atoms with E-state index >= 15 is 0 Å². The van der Waals surface area contributed by atoms with Gasteiger partial charge in [-0.15, -0.1) is 0 Å². The number of rotatable bonds is 6. The number of anilines is 1. The van der Waals surface area contributed by atoms with Crippen LogP contribution in [-0.4, -0.2) is 61.6 Å². The van der Waals surface area contributed by atoms with E-state index in [-0.39, 0.29) is 22.8 Å². The van der Waals surface area contributed by atoms with Crippen molar-refractivity contribution in [1.29, 1.82) is 0 Å². The molecule has 2 aromatic carbocycles. The molecule has 1 aliphatic rings. The summed E-state index contributed by atoms with van der Waals surface area (Å²) < 4.78 is 24.0. The molecule has 158 valence electrons. The highest BCUT2D eigenvalue weighted by atomic mass is 19.1. The number of methoxy groups -OCH3 is 1. The van der Waals surface area contributed by atoms with Crippen molar-refractivity contribution < 1.29 is 28.4 Å². The molecule has 2 aromatic rings. The second-order valence-electron chi connectivity index (χ2n) is 6.54. The zero-order valence-electron chi connectivity index (χ0n) is 16.2. The second kappa shape index (κ2) is 9.21. The highest BCUT2D eigenvalue weighted by molar-refractivity contribution is 5.94. The van der Waals surface area contributed by atoms with Crippen molar-refractivity contribution in [2.75, 3.05) is 44.8 Å². The topological polar surface area (TPSA) is 102 Å². The summed E-state index contributed by atoms with van der Waals surface area (Å²) in [5.74, 6) is -1.51. The summed E-state index contributed by atoms with van der Waals surface area (Å²) in [4.78, 5) is 38.4. The molecule has 30 heavy (non-hydrogen) atoms. The number of non-ortho nitro benzene ring substituents is 1. The standard InChI is InChI=1S/C20H20FN3O6/c1-29-18-7-6-14(24(27)28)12-15(18)20(26)30-13-19(25)23-10-8-22(9-11-23)17-5-3-2-4-16(17)21/h2-7,12H,8-11,13H2,1H3. The van der Waals surface area contributed by atoms with E-state index in [9.17, 15) is 24.1 Å². The monoisotopic (exact) mass is 417 g/mol. The van der Waals surface area contributed by atoms with E-state index in [1.807, 2.05) is 4.90 Å². The van der Waals surface area contributed by atoms with Crippen molar-refractivity contribution in [3.63, 3.8) is 0 Å². The Labute approximate surface area is 171 Å². The number of amides is 1. The Balaban J connectivity index is 1.56. The minimum atomic E-state index is -0.895. The number of para-hydroxylation sites is 1. The zero-order chi connectivity index (χ0) is 21.7. The van der Waals surface area contributed by atoms with Crippen LogP contribution in [0.5, 0.6) is 5.75 Å². The lowest BCUT2D eigenvalue weighted by atomic mass is 10.2. The molecule has 1 amide bonds. The lowest BCUT2D eigenvalue weighted by Gasteiger charge is -2.36. The van der Waals surface area contributed by atoms with E-state index in [2.05, 4.69) is 0 Å². The Morgan fingerprint density at radius 2 is 1.83 bits per heavy atom. The van der Waals surface area contributed by atoms with Crippen molar-refractivity contribution in [1.82, 2.24) is 4.90 Å². The summed E-state index contributed by atoms with van der Waals surface area (Å²) in [6.07, 6.45) is 0. The van der Waals surface area contributed by atoms with Crippen molar-refractivity contribution in [2.45, 2.75) is 0 Å². The maximum Gasteiger partial charge on any atom is 0.342 e. The third-order valence-corrected chi connectivity index (χ3v) is 4.77. The Kier molecular flexibility index (Phi) is 6.45. The Morgan fingerprint density at radius 3 is 2.47 bits per heavy atom. The number of hydrogen-bond donors (Lipinski definition) is 0. The maximum atomic E-state index is 13.9. The molecule has 1 saturated heterocycles. The first-order valence-corrected chi connectivity index (χ1v) is 9.17. The second-order valence-corrected chi connectivity index (χ2v) is 6.54. The quantitative estimate of drug-likeness (QED) is 0.404. The third-order valence-electron chi connectivity index (χ3n) is 4.77. The molecule has 0 aliphatic carbocycles. The molecule has 1 heterocycles. The van der Waals surface area contributed by atoms with E-state index in [1.54, 1.807) is 18.2 Å². The number of carbonyl (C=O) groups excluding carboxylic acids is 2. The molecule has 0 radical (unpaired) electrons. The molecule has 0 atom stereocenters. The van der Waals surface area contributed by atoms with E-state index in [0.29, 0.717) is 31.9 Å². The van der Waals surface area contributed by atoms with Crippen LogP contribution in [0.25, 0.3) is 0 Å².